The molecule has 6 aromatic rings. The largest absolute Gasteiger partial charge is 0.256 e. The van der Waals surface area contributed by atoms with E-state index in [0.29, 0.717) is 0 Å². The van der Waals surface area contributed by atoms with Crippen LogP contribution in [-0.4, -0.2) is 4.98 Å². The molecule has 0 aliphatic heterocycles. The summed E-state index contributed by atoms with van der Waals surface area (Å²) in [5.41, 5.74) is 12.2. The maximum absolute atomic E-state index is 4.97. The van der Waals surface area contributed by atoms with Gasteiger partial charge in [0, 0.05) is 22.6 Å². The van der Waals surface area contributed by atoms with Crippen LogP contribution in [0.4, 0.5) is 0 Å². The van der Waals surface area contributed by atoms with E-state index in [9.17, 15) is 0 Å². The molecule has 1 heterocycles. The first kappa shape index (κ1) is 20.9. The molecule has 0 N–H and O–H groups in total. The normalized spacial score (nSPS) is 15.4. The Labute approximate surface area is 217 Å². The molecule has 2 aliphatic carbocycles. The van der Waals surface area contributed by atoms with E-state index in [0.717, 1.165) is 5.52 Å². The molecule has 1 heteroatoms. The number of hydrogen-bond donors (Lipinski definition) is 0. The van der Waals surface area contributed by atoms with Crippen molar-refractivity contribution >= 4 is 21.7 Å². The van der Waals surface area contributed by atoms with Gasteiger partial charge in [-0.15, -0.1) is 0 Å². The molecule has 8 rings (SSSR count). The van der Waals surface area contributed by atoms with Crippen LogP contribution in [-0.2, 0) is 5.41 Å². The third-order valence-corrected chi connectivity index (χ3v) is 8.86. The molecular formula is C36H27N. The van der Waals surface area contributed by atoms with E-state index < -0.39 is 0 Å². The van der Waals surface area contributed by atoms with Crippen molar-refractivity contribution in [1.29, 1.82) is 0 Å². The van der Waals surface area contributed by atoms with Crippen molar-refractivity contribution in [3.8, 4) is 33.4 Å². The van der Waals surface area contributed by atoms with Gasteiger partial charge in [0.05, 0.1) is 5.52 Å². The summed E-state index contributed by atoms with van der Waals surface area (Å²) in [5.74, 6) is 0. The van der Waals surface area contributed by atoms with E-state index in [4.69, 9.17) is 4.98 Å². The lowest BCUT2D eigenvalue weighted by Gasteiger charge is -2.27. The fourth-order valence-electron chi connectivity index (χ4n) is 7.33. The maximum atomic E-state index is 4.97. The third kappa shape index (κ3) is 2.89. The Morgan fingerprint density at radius 3 is 2.03 bits per heavy atom. The van der Waals surface area contributed by atoms with Gasteiger partial charge in [-0.1, -0.05) is 110 Å². The predicted octanol–water partition coefficient (Wildman–Crippen LogP) is 9.56. The Kier molecular flexibility index (Phi) is 4.46. The number of pyridine rings is 1. The summed E-state index contributed by atoms with van der Waals surface area (Å²) in [5, 5.41) is 3.77. The number of benzene rings is 5. The van der Waals surface area contributed by atoms with E-state index in [1.807, 2.05) is 6.20 Å². The second kappa shape index (κ2) is 7.88. The molecule has 1 fully saturated rings. The Bertz CT molecular complexity index is 1770. The number of nitrogens with zero attached hydrogens (tertiary/aromatic N) is 1. The van der Waals surface area contributed by atoms with Crippen LogP contribution < -0.4 is 0 Å². The molecule has 2 aliphatic rings. The first-order chi connectivity index (χ1) is 18.4. The van der Waals surface area contributed by atoms with Gasteiger partial charge in [-0.05, 0) is 74.7 Å². The van der Waals surface area contributed by atoms with Gasteiger partial charge in [-0.2, -0.15) is 0 Å². The minimum Gasteiger partial charge on any atom is -0.256 e. The zero-order valence-electron chi connectivity index (χ0n) is 20.7. The van der Waals surface area contributed by atoms with Gasteiger partial charge in [0.1, 0.15) is 0 Å². The van der Waals surface area contributed by atoms with Gasteiger partial charge in [0.15, 0.2) is 0 Å². The molecule has 0 radical (unpaired) electrons. The lowest BCUT2D eigenvalue weighted by Crippen LogP contribution is -2.20. The van der Waals surface area contributed by atoms with Crippen molar-refractivity contribution in [1.82, 2.24) is 4.98 Å². The van der Waals surface area contributed by atoms with Crippen molar-refractivity contribution in [3.63, 3.8) is 0 Å². The van der Waals surface area contributed by atoms with Crippen LogP contribution >= 0.6 is 0 Å². The van der Waals surface area contributed by atoms with Crippen molar-refractivity contribution in [2.24, 2.45) is 0 Å². The van der Waals surface area contributed by atoms with E-state index >= 15 is 0 Å². The van der Waals surface area contributed by atoms with Gasteiger partial charge in [0.2, 0.25) is 0 Å². The van der Waals surface area contributed by atoms with Crippen LogP contribution in [0.1, 0.15) is 36.8 Å². The predicted molar refractivity (Wildman–Crippen MR) is 155 cm³/mol. The Hall–Kier alpha value is -4.23. The molecular weight excluding hydrogens is 446 g/mol. The molecule has 1 aromatic heterocycles. The molecule has 0 bridgehead atoms. The average molecular weight is 474 g/mol. The van der Waals surface area contributed by atoms with Crippen LogP contribution in [0.15, 0.2) is 115 Å². The van der Waals surface area contributed by atoms with Gasteiger partial charge in [-0.25, -0.2) is 0 Å². The zero-order valence-corrected chi connectivity index (χ0v) is 20.7. The molecule has 5 aromatic carbocycles. The number of rotatable bonds is 2. The minimum atomic E-state index is 0.162. The van der Waals surface area contributed by atoms with Crippen molar-refractivity contribution in [2.75, 3.05) is 0 Å². The molecule has 0 unspecified atom stereocenters. The van der Waals surface area contributed by atoms with E-state index in [2.05, 4.69) is 109 Å². The molecule has 1 spiro atoms. The fraction of sp³-hybridized carbons (Fsp3) is 0.139. The summed E-state index contributed by atoms with van der Waals surface area (Å²) in [4.78, 5) is 4.97. The monoisotopic (exact) mass is 473 g/mol. The van der Waals surface area contributed by atoms with Crippen LogP contribution in [0.3, 0.4) is 0 Å². The Morgan fingerprint density at radius 2 is 1.19 bits per heavy atom. The van der Waals surface area contributed by atoms with Crippen molar-refractivity contribution < 1.29 is 0 Å². The van der Waals surface area contributed by atoms with Crippen LogP contribution in [0.2, 0.25) is 0 Å². The highest BCUT2D eigenvalue weighted by molar-refractivity contribution is 6.20. The molecule has 1 saturated carbocycles. The topological polar surface area (TPSA) is 12.9 Å². The van der Waals surface area contributed by atoms with Gasteiger partial charge >= 0.3 is 0 Å². The SMILES string of the molecule is c1ccc(-c2c3ccccc3c(-c3ccc4c(c3)C3(CCCC3)c3ccccc3-4)c3cccnc23)cc1. The standard InChI is InChI=1S/C36H27N/c1-2-11-24(12-3-1)34-29-15-5-4-14-28(29)33(30-16-10-22-37-35(30)34)25-18-19-27-26-13-6-7-17-31(26)36(32(27)23-25)20-8-9-21-36/h1-7,10-19,22-23H,8-9,20-21H2. The second-order valence-electron chi connectivity index (χ2n) is 10.7. The molecule has 176 valence electrons. The van der Waals surface area contributed by atoms with Crippen LogP contribution in [0.5, 0.6) is 0 Å². The first-order valence-corrected chi connectivity index (χ1v) is 13.4. The number of fused-ring (bicyclic) bond motifs is 7. The molecule has 0 atom stereocenters. The summed E-state index contributed by atoms with van der Waals surface area (Å²) >= 11 is 0. The van der Waals surface area contributed by atoms with Crippen LogP contribution in [0, 0.1) is 0 Å². The van der Waals surface area contributed by atoms with Gasteiger partial charge in [-0.3, -0.25) is 4.98 Å². The highest BCUT2D eigenvalue weighted by atomic mass is 14.7. The summed E-state index contributed by atoms with van der Waals surface area (Å²) in [6.45, 7) is 0. The summed E-state index contributed by atoms with van der Waals surface area (Å²) in [6.07, 6.45) is 7.03. The van der Waals surface area contributed by atoms with E-state index in [1.54, 1.807) is 0 Å². The maximum Gasteiger partial charge on any atom is 0.0792 e. The smallest absolute Gasteiger partial charge is 0.0792 e. The van der Waals surface area contributed by atoms with Crippen molar-refractivity contribution in [2.45, 2.75) is 31.1 Å². The minimum absolute atomic E-state index is 0.162. The first-order valence-electron chi connectivity index (χ1n) is 13.4. The van der Waals surface area contributed by atoms with Crippen LogP contribution in [0.25, 0.3) is 55.1 Å². The Balaban J connectivity index is 1.45. The highest BCUT2D eigenvalue weighted by Crippen LogP contribution is 2.57. The number of aromatic nitrogens is 1. The molecule has 0 amide bonds. The summed E-state index contributed by atoms with van der Waals surface area (Å²) in [7, 11) is 0. The van der Waals surface area contributed by atoms with E-state index in [1.165, 1.54) is 86.3 Å². The molecule has 0 saturated heterocycles. The molecule has 1 nitrogen and oxygen atoms in total. The second-order valence-corrected chi connectivity index (χ2v) is 10.7. The molecule has 37 heavy (non-hydrogen) atoms. The van der Waals surface area contributed by atoms with Gasteiger partial charge in [0.25, 0.3) is 0 Å². The lowest BCUT2D eigenvalue weighted by atomic mass is 9.76. The van der Waals surface area contributed by atoms with Gasteiger partial charge < -0.3 is 0 Å². The number of hydrogen-bond acceptors (Lipinski definition) is 1. The average Bonchev–Trinajstić information content (AvgIpc) is 3.56. The highest BCUT2D eigenvalue weighted by Gasteiger charge is 2.44. The lowest BCUT2D eigenvalue weighted by molar-refractivity contribution is 0.550. The summed E-state index contributed by atoms with van der Waals surface area (Å²) < 4.78 is 0. The van der Waals surface area contributed by atoms with Crippen molar-refractivity contribution in [3.05, 3.63) is 127 Å². The fourth-order valence-corrected chi connectivity index (χ4v) is 7.33. The third-order valence-electron chi connectivity index (χ3n) is 8.86. The quantitative estimate of drug-likeness (QED) is 0.228. The summed E-state index contributed by atoms with van der Waals surface area (Å²) in [6, 6.07) is 40.3. The van der Waals surface area contributed by atoms with E-state index in [-0.39, 0.29) is 5.41 Å². The Morgan fingerprint density at radius 1 is 0.514 bits per heavy atom. The zero-order chi connectivity index (χ0) is 24.4.